The number of fused-ring (bicyclic) bond motifs is 1. The summed E-state index contributed by atoms with van der Waals surface area (Å²) >= 11 is 12.4. The molecule has 2 rings (SSSR count). The quantitative estimate of drug-likeness (QED) is 0.410. The van der Waals surface area contributed by atoms with E-state index in [4.69, 9.17) is 45.8 Å². The summed E-state index contributed by atoms with van der Waals surface area (Å²) in [6, 6.07) is 5.84. The van der Waals surface area contributed by atoms with Gasteiger partial charge < -0.3 is 15.3 Å². The number of likely N-dealkylation sites (N-methyl/N-ethyl adjacent to an activating group) is 1. The molecule has 2 aromatic rings. The van der Waals surface area contributed by atoms with Crippen molar-refractivity contribution in [3.63, 3.8) is 0 Å². The molecule has 0 aliphatic heterocycles. The van der Waals surface area contributed by atoms with Gasteiger partial charge in [-0.25, -0.2) is 0 Å². The number of aliphatic hydroxyl groups is 1. The van der Waals surface area contributed by atoms with Crippen molar-refractivity contribution in [2.24, 2.45) is 0 Å². The number of aliphatic hydroxyl groups excluding tert-OH is 1. The smallest absolute Gasteiger partial charge is 0.394 e. The molecule has 8 nitrogen and oxygen atoms in total. The highest BCUT2D eigenvalue weighted by atomic mass is 35.5. The zero-order chi connectivity index (χ0) is 22.0. The van der Waals surface area contributed by atoms with E-state index in [1.807, 2.05) is 12.1 Å². The topological polar surface area (TPSA) is 123 Å². The number of benzene rings is 1. The normalized spacial score (nSPS) is 12.6. The first-order valence-electron chi connectivity index (χ1n) is 9.08. The third-order valence-corrected chi connectivity index (χ3v) is 4.65. The van der Waals surface area contributed by atoms with Crippen molar-refractivity contribution in [2.45, 2.75) is 32.7 Å². The Morgan fingerprint density at radius 3 is 2.48 bits per heavy atom. The van der Waals surface area contributed by atoms with Gasteiger partial charge in [0.05, 0.1) is 17.1 Å². The van der Waals surface area contributed by atoms with Crippen LogP contribution in [0.2, 0.25) is 10.0 Å². The predicted molar refractivity (Wildman–Crippen MR) is 117 cm³/mol. The Hall–Kier alpha value is -1.20. The van der Waals surface area contributed by atoms with Crippen molar-refractivity contribution < 1.29 is 22.6 Å². The Morgan fingerprint density at radius 2 is 1.90 bits per heavy atom. The molecule has 29 heavy (non-hydrogen) atoms. The summed E-state index contributed by atoms with van der Waals surface area (Å²) in [5.74, 6) is 0. The average molecular weight is 468 g/mol. The minimum Gasteiger partial charge on any atom is -0.395 e. The number of nitrogens with zero attached hydrogens (tertiary/aromatic N) is 2. The number of hydrogen-bond acceptors (Lipinski definition) is 6. The van der Waals surface area contributed by atoms with Gasteiger partial charge in [0.1, 0.15) is 0 Å². The molecular weight excluding hydrogens is 441 g/mol. The largest absolute Gasteiger partial charge is 0.395 e. The van der Waals surface area contributed by atoms with Crippen LogP contribution < -0.4 is 5.32 Å². The SMILES string of the molecule is CCN(CCO)CCCC(C)Nc1ccnc2cc(Cl)cc(Cl)c12.O=S(=O)(O)O. The van der Waals surface area contributed by atoms with E-state index in [-0.39, 0.29) is 6.61 Å². The van der Waals surface area contributed by atoms with Crippen LogP contribution in [0, 0.1) is 0 Å². The first kappa shape index (κ1) is 25.8. The van der Waals surface area contributed by atoms with E-state index < -0.39 is 10.4 Å². The third kappa shape index (κ3) is 10.4. The highest BCUT2D eigenvalue weighted by Gasteiger charge is 2.11. The van der Waals surface area contributed by atoms with Gasteiger partial charge in [0, 0.05) is 34.9 Å². The molecule has 0 aliphatic carbocycles. The highest BCUT2D eigenvalue weighted by molar-refractivity contribution is 7.79. The Labute approximate surface area is 181 Å². The van der Waals surface area contributed by atoms with E-state index in [0.29, 0.717) is 16.1 Å². The molecule has 0 amide bonds. The average Bonchev–Trinajstić information content (AvgIpc) is 2.59. The summed E-state index contributed by atoms with van der Waals surface area (Å²) in [5.41, 5.74) is 1.78. The molecule has 0 saturated heterocycles. The lowest BCUT2D eigenvalue weighted by Crippen LogP contribution is -2.28. The fourth-order valence-electron chi connectivity index (χ4n) is 2.85. The lowest BCUT2D eigenvalue weighted by atomic mass is 10.1. The zero-order valence-electron chi connectivity index (χ0n) is 16.3. The summed E-state index contributed by atoms with van der Waals surface area (Å²) in [6.07, 6.45) is 3.88. The molecule has 1 aromatic carbocycles. The molecule has 0 saturated carbocycles. The van der Waals surface area contributed by atoms with Gasteiger partial charge in [0.2, 0.25) is 0 Å². The van der Waals surface area contributed by atoms with Crippen molar-refractivity contribution in [2.75, 3.05) is 31.6 Å². The maximum Gasteiger partial charge on any atom is 0.394 e. The van der Waals surface area contributed by atoms with Crippen LogP contribution in [0.5, 0.6) is 0 Å². The van der Waals surface area contributed by atoms with E-state index in [1.54, 1.807) is 12.3 Å². The van der Waals surface area contributed by atoms with Crippen molar-refractivity contribution in [1.82, 2.24) is 9.88 Å². The van der Waals surface area contributed by atoms with Gasteiger partial charge >= 0.3 is 10.4 Å². The van der Waals surface area contributed by atoms with Crippen LogP contribution in [-0.4, -0.2) is 64.8 Å². The number of aromatic nitrogens is 1. The van der Waals surface area contributed by atoms with Crippen LogP contribution >= 0.6 is 23.2 Å². The molecule has 0 bridgehead atoms. The summed E-state index contributed by atoms with van der Waals surface area (Å²) in [5, 5.41) is 14.7. The van der Waals surface area contributed by atoms with Gasteiger partial charge in [-0.15, -0.1) is 0 Å². The summed E-state index contributed by atoms with van der Waals surface area (Å²) in [7, 11) is -4.67. The van der Waals surface area contributed by atoms with Crippen LogP contribution in [0.25, 0.3) is 10.9 Å². The Kier molecular flexibility index (Phi) is 11.1. The van der Waals surface area contributed by atoms with Gasteiger partial charge in [-0.2, -0.15) is 8.42 Å². The highest BCUT2D eigenvalue weighted by Crippen LogP contribution is 2.32. The number of anilines is 1. The third-order valence-electron chi connectivity index (χ3n) is 4.14. The first-order chi connectivity index (χ1) is 13.5. The van der Waals surface area contributed by atoms with Crippen molar-refractivity contribution in [3.05, 3.63) is 34.4 Å². The van der Waals surface area contributed by atoms with Gasteiger partial charge in [0.25, 0.3) is 0 Å². The van der Waals surface area contributed by atoms with Gasteiger partial charge in [-0.3, -0.25) is 14.1 Å². The molecule has 1 heterocycles. The molecule has 0 aliphatic rings. The Balaban J connectivity index is 0.000000749. The number of halogens is 2. The van der Waals surface area contributed by atoms with Crippen LogP contribution in [0.15, 0.2) is 24.4 Å². The molecule has 1 aromatic heterocycles. The zero-order valence-corrected chi connectivity index (χ0v) is 18.7. The number of rotatable bonds is 9. The summed E-state index contributed by atoms with van der Waals surface area (Å²) in [4.78, 5) is 6.61. The standard InChI is InChI=1S/C18H25Cl2N3O.H2O4S/c1-3-23(9-10-24)8-4-5-13(2)22-16-6-7-21-17-12-14(19)11-15(20)18(16)17;1-5(2,3)4/h6-7,11-13,24H,3-5,8-10H2,1-2H3,(H,21,22);(H2,1,2,3,4). The number of nitrogens with one attached hydrogen (secondary N) is 1. The second-order valence-electron chi connectivity index (χ2n) is 6.43. The van der Waals surface area contributed by atoms with Crippen LogP contribution in [-0.2, 0) is 10.4 Å². The van der Waals surface area contributed by atoms with Crippen molar-refractivity contribution in [3.8, 4) is 0 Å². The summed E-state index contributed by atoms with van der Waals surface area (Å²) in [6.45, 7) is 7.20. The van der Waals surface area contributed by atoms with Crippen molar-refractivity contribution in [1.29, 1.82) is 0 Å². The van der Waals surface area contributed by atoms with Crippen LogP contribution in [0.1, 0.15) is 26.7 Å². The predicted octanol–water partition coefficient (Wildman–Crippen LogP) is 3.78. The molecule has 164 valence electrons. The first-order valence-corrected chi connectivity index (χ1v) is 11.2. The van der Waals surface area contributed by atoms with E-state index in [9.17, 15) is 0 Å². The monoisotopic (exact) mass is 467 g/mol. The molecular formula is C18H27Cl2N3O5S. The van der Waals surface area contributed by atoms with Crippen LogP contribution in [0.4, 0.5) is 5.69 Å². The molecule has 0 fully saturated rings. The molecule has 0 spiro atoms. The Morgan fingerprint density at radius 1 is 1.24 bits per heavy atom. The lowest BCUT2D eigenvalue weighted by molar-refractivity contribution is 0.199. The lowest BCUT2D eigenvalue weighted by Gasteiger charge is -2.21. The van der Waals surface area contributed by atoms with Crippen molar-refractivity contribution >= 4 is 50.2 Å². The van der Waals surface area contributed by atoms with Crippen LogP contribution in [0.3, 0.4) is 0 Å². The van der Waals surface area contributed by atoms with Gasteiger partial charge in [0.15, 0.2) is 0 Å². The molecule has 1 unspecified atom stereocenters. The molecule has 1 atom stereocenters. The summed E-state index contributed by atoms with van der Waals surface area (Å²) < 4.78 is 31.6. The Bertz CT molecular complexity index is 875. The minimum atomic E-state index is -4.67. The van der Waals surface area contributed by atoms with E-state index in [1.165, 1.54) is 0 Å². The molecule has 11 heteroatoms. The van der Waals surface area contributed by atoms with E-state index in [0.717, 1.165) is 49.1 Å². The fraction of sp³-hybridized carbons (Fsp3) is 0.500. The van der Waals surface area contributed by atoms with E-state index in [2.05, 4.69) is 29.0 Å². The molecule has 0 radical (unpaired) electrons. The van der Waals surface area contributed by atoms with Gasteiger partial charge in [-0.05, 0) is 51.1 Å². The number of pyridine rings is 1. The van der Waals surface area contributed by atoms with Gasteiger partial charge in [-0.1, -0.05) is 30.1 Å². The van der Waals surface area contributed by atoms with E-state index >= 15 is 0 Å². The fourth-order valence-corrected chi connectivity index (χ4v) is 3.44. The second-order valence-corrected chi connectivity index (χ2v) is 8.17. The maximum absolute atomic E-state index is 9.04. The second kappa shape index (κ2) is 12.5. The molecule has 4 N–H and O–H groups in total. The minimum absolute atomic E-state index is 0.214. The number of hydrogen-bond donors (Lipinski definition) is 4. The maximum atomic E-state index is 9.04.